The number of aryl methyl sites for hydroxylation is 3. The van der Waals surface area contributed by atoms with E-state index in [9.17, 15) is 9.59 Å². The minimum absolute atomic E-state index is 0.286. The van der Waals surface area contributed by atoms with Crippen molar-refractivity contribution >= 4 is 39.3 Å². The van der Waals surface area contributed by atoms with Gasteiger partial charge in [-0.3, -0.25) is 20.4 Å². The Kier molecular flexibility index (Phi) is 5.90. The molecule has 2 N–H and O–H groups in total. The maximum atomic E-state index is 12.0. The Morgan fingerprint density at radius 3 is 2.50 bits per heavy atom. The topological polar surface area (TPSA) is 80.6 Å². The van der Waals surface area contributed by atoms with Crippen molar-refractivity contribution in [3.05, 3.63) is 50.3 Å². The van der Waals surface area contributed by atoms with Crippen LogP contribution >= 0.6 is 27.5 Å². The van der Waals surface area contributed by atoms with Crippen LogP contribution in [0.25, 0.3) is 0 Å². The molecule has 6 nitrogen and oxygen atoms in total. The fraction of sp³-hybridized carbons (Fsp3) is 0.250. The van der Waals surface area contributed by atoms with Crippen molar-refractivity contribution in [3.63, 3.8) is 0 Å². The molecule has 2 rings (SSSR count). The molecule has 0 aliphatic carbocycles. The standard InChI is InChI=1S/C16H16BrClN2O4/c1-8-4-11(17)6-13(18)15(8)23-7-14(21)19-20-16(22)12-5-9(2)24-10(12)3/h4-6H,7H2,1-3H3,(H,19,21)(H,20,22). The Labute approximate surface area is 152 Å². The number of halogens is 2. The van der Waals surface area contributed by atoms with Gasteiger partial charge < -0.3 is 9.15 Å². The van der Waals surface area contributed by atoms with Crippen molar-refractivity contribution in [3.8, 4) is 5.75 Å². The molecule has 1 heterocycles. The Morgan fingerprint density at radius 1 is 1.21 bits per heavy atom. The van der Waals surface area contributed by atoms with E-state index in [0.29, 0.717) is 27.9 Å². The lowest BCUT2D eigenvalue weighted by Crippen LogP contribution is -2.43. The van der Waals surface area contributed by atoms with Gasteiger partial charge >= 0.3 is 0 Å². The normalized spacial score (nSPS) is 10.4. The van der Waals surface area contributed by atoms with Crippen molar-refractivity contribution in [2.45, 2.75) is 20.8 Å². The Morgan fingerprint density at radius 2 is 1.92 bits per heavy atom. The van der Waals surface area contributed by atoms with Gasteiger partial charge in [-0.15, -0.1) is 0 Å². The molecule has 0 spiro atoms. The molecule has 0 radical (unpaired) electrons. The highest BCUT2D eigenvalue weighted by Crippen LogP contribution is 2.31. The molecule has 1 aromatic carbocycles. The highest BCUT2D eigenvalue weighted by atomic mass is 79.9. The van der Waals surface area contributed by atoms with Crippen LogP contribution in [0.2, 0.25) is 5.02 Å². The SMILES string of the molecule is Cc1cc(C(=O)NNC(=O)COc2c(C)cc(Br)cc2Cl)c(C)o1. The molecule has 2 aromatic rings. The number of rotatable bonds is 4. The second-order valence-electron chi connectivity index (χ2n) is 5.15. The third-order valence-electron chi connectivity index (χ3n) is 3.14. The molecule has 128 valence electrons. The molecule has 2 amide bonds. The van der Waals surface area contributed by atoms with Crippen LogP contribution in [0.4, 0.5) is 0 Å². The monoisotopic (exact) mass is 414 g/mol. The smallest absolute Gasteiger partial charge is 0.276 e. The number of carbonyl (C=O) groups is 2. The number of carbonyl (C=O) groups excluding carboxylic acids is 2. The molecule has 0 saturated carbocycles. The maximum Gasteiger partial charge on any atom is 0.276 e. The van der Waals surface area contributed by atoms with Gasteiger partial charge in [0.1, 0.15) is 17.3 Å². The first-order valence-corrected chi connectivity index (χ1v) is 8.19. The van der Waals surface area contributed by atoms with E-state index < -0.39 is 11.8 Å². The number of nitrogens with one attached hydrogen (secondary N) is 2. The number of ether oxygens (including phenoxy) is 1. The predicted octanol–water partition coefficient (Wildman–Crippen LogP) is 3.46. The zero-order chi connectivity index (χ0) is 17.9. The molecule has 0 unspecified atom stereocenters. The van der Waals surface area contributed by atoms with Crippen LogP contribution in [0.5, 0.6) is 5.75 Å². The Balaban J connectivity index is 1.88. The van der Waals surface area contributed by atoms with Crippen molar-refractivity contribution in [2.24, 2.45) is 0 Å². The average molecular weight is 416 g/mol. The number of benzene rings is 1. The highest BCUT2D eigenvalue weighted by Gasteiger charge is 2.15. The van der Waals surface area contributed by atoms with E-state index in [4.69, 9.17) is 20.8 Å². The van der Waals surface area contributed by atoms with E-state index in [0.717, 1.165) is 10.0 Å². The third kappa shape index (κ3) is 4.52. The first kappa shape index (κ1) is 18.4. The lowest BCUT2D eigenvalue weighted by atomic mass is 10.2. The largest absolute Gasteiger partial charge is 0.482 e. The quantitative estimate of drug-likeness (QED) is 0.749. The fourth-order valence-electron chi connectivity index (χ4n) is 2.10. The minimum atomic E-state index is -0.514. The number of amides is 2. The first-order chi connectivity index (χ1) is 11.3. The van der Waals surface area contributed by atoms with E-state index in [2.05, 4.69) is 26.8 Å². The van der Waals surface area contributed by atoms with Crippen LogP contribution in [-0.4, -0.2) is 18.4 Å². The molecule has 0 atom stereocenters. The number of hydrazine groups is 1. The lowest BCUT2D eigenvalue weighted by molar-refractivity contribution is -0.123. The third-order valence-corrected chi connectivity index (χ3v) is 3.88. The fourth-order valence-corrected chi connectivity index (χ4v) is 3.12. The summed E-state index contributed by atoms with van der Waals surface area (Å²) in [5.74, 6) is 0.540. The lowest BCUT2D eigenvalue weighted by Gasteiger charge is -2.12. The van der Waals surface area contributed by atoms with Crippen molar-refractivity contribution < 1.29 is 18.7 Å². The van der Waals surface area contributed by atoms with Crippen LogP contribution in [0.1, 0.15) is 27.4 Å². The number of hydrogen-bond acceptors (Lipinski definition) is 4. The van der Waals surface area contributed by atoms with Gasteiger partial charge in [-0.1, -0.05) is 27.5 Å². The van der Waals surface area contributed by atoms with Crippen molar-refractivity contribution in [1.82, 2.24) is 10.9 Å². The van der Waals surface area contributed by atoms with Gasteiger partial charge in [0, 0.05) is 4.47 Å². The molecule has 24 heavy (non-hydrogen) atoms. The molecular weight excluding hydrogens is 400 g/mol. The van der Waals surface area contributed by atoms with Gasteiger partial charge in [0.05, 0.1) is 10.6 Å². The summed E-state index contributed by atoms with van der Waals surface area (Å²) in [7, 11) is 0. The zero-order valence-corrected chi connectivity index (χ0v) is 15.7. The molecule has 0 saturated heterocycles. The molecule has 1 aromatic heterocycles. The summed E-state index contributed by atoms with van der Waals surface area (Å²) in [6.07, 6.45) is 0. The average Bonchev–Trinajstić information content (AvgIpc) is 2.82. The zero-order valence-electron chi connectivity index (χ0n) is 13.3. The van der Waals surface area contributed by atoms with E-state index in [-0.39, 0.29) is 6.61 Å². The summed E-state index contributed by atoms with van der Waals surface area (Å²) in [6, 6.07) is 5.09. The van der Waals surface area contributed by atoms with Gasteiger partial charge in [0.25, 0.3) is 11.8 Å². The van der Waals surface area contributed by atoms with Crippen LogP contribution in [0.15, 0.2) is 27.1 Å². The Hall–Kier alpha value is -1.99. The van der Waals surface area contributed by atoms with Crippen LogP contribution in [0, 0.1) is 20.8 Å². The maximum absolute atomic E-state index is 12.0. The number of furan rings is 1. The van der Waals surface area contributed by atoms with E-state index in [1.165, 1.54) is 0 Å². The van der Waals surface area contributed by atoms with Gasteiger partial charge in [0.15, 0.2) is 6.61 Å². The van der Waals surface area contributed by atoms with E-state index in [1.807, 2.05) is 13.0 Å². The first-order valence-electron chi connectivity index (χ1n) is 7.02. The summed E-state index contributed by atoms with van der Waals surface area (Å²) in [5, 5.41) is 0.392. The van der Waals surface area contributed by atoms with Crippen molar-refractivity contribution in [2.75, 3.05) is 6.61 Å². The summed E-state index contributed by atoms with van der Waals surface area (Å²) in [4.78, 5) is 23.8. The Bertz CT molecular complexity index is 765. The highest BCUT2D eigenvalue weighted by molar-refractivity contribution is 9.10. The van der Waals surface area contributed by atoms with Crippen LogP contribution in [0.3, 0.4) is 0 Å². The summed E-state index contributed by atoms with van der Waals surface area (Å²) in [5.41, 5.74) is 5.74. The predicted molar refractivity (Wildman–Crippen MR) is 93.2 cm³/mol. The molecule has 0 fully saturated rings. The number of hydrogen-bond donors (Lipinski definition) is 2. The van der Waals surface area contributed by atoms with Crippen LogP contribution < -0.4 is 15.6 Å². The van der Waals surface area contributed by atoms with Gasteiger partial charge in [-0.05, 0) is 44.5 Å². The molecule has 0 aliphatic rings. The van der Waals surface area contributed by atoms with Gasteiger partial charge in [-0.25, -0.2) is 0 Å². The summed E-state index contributed by atoms with van der Waals surface area (Å²) in [6.45, 7) is 4.94. The van der Waals surface area contributed by atoms with E-state index >= 15 is 0 Å². The van der Waals surface area contributed by atoms with E-state index in [1.54, 1.807) is 26.0 Å². The minimum Gasteiger partial charge on any atom is -0.482 e. The molecule has 0 bridgehead atoms. The van der Waals surface area contributed by atoms with Gasteiger partial charge in [0.2, 0.25) is 0 Å². The summed E-state index contributed by atoms with van der Waals surface area (Å²) < 4.78 is 11.5. The second kappa shape index (κ2) is 7.72. The second-order valence-corrected chi connectivity index (χ2v) is 6.47. The molecule has 8 heteroatoms. The summed E-state index contributed by atoms with van der Waals surface area (Å²) >= 11 is 9.40. The molecular formula is C16H16BrClN2O4. The molecule has 0 aliphatic heterocycles. The van der Waals surface area contributed by atoms with Crippen molar-refractivity contribution in [1.29, 1.82) is 0 Å². The van der Waals surface area contributed by atoms with Crippen LogP contribution in [-0.2, 0) is 4.79 Å². The van der Waals surface area contributed by atoms with Gasteiger partial charge in [-0.2, -0.15) is 0 Å².